The van der Waals surface area contributed by atoms with Crippen molar-refractivity contribution in [1.82, 2.24) is 0 Å². The van der Waals surface area contributed by atoms with Crippen LogP contribution in [0.5, 0.6) is 0 Å². The Labute approximate surface area is 80.0 Å². The second-order valence-electron chi connectivity index (χ2n) is 3.11. The minimum Gasteiger partial charge on any atom is -0.0925 e. The van der Waals surface area contributed by atoms with Gasteiger partial charge in [0, 0.05) is 10.7 Å². The summed E-state index contributed by atoms with van der Waals surface area (Å²) in [6.07, 6.45) is 5.75. The molecular weight excluding hydrogens is 256 g/mol. The quantitative estimate of drug-likeness (QED) is 0.673. The van der Waals surface area contributed by atoms with E-state index in [0.717, 1.165) is 11.8 Å². The van der Waals surface area contributed by atoms with Gasteiger partial charge in [0.25, 0.3) is 0 Å². The molecule has 0 aromatic carbocycles. The number of hydrogen-bond donors (Lipinski definition) is 0. The first-order valence-electron chi connectivity index (χ1n) is 4.00. The van der Waals surface area contributed by atoms with Crippen LogP contribution in [0.25, 0.3) is 0 Å². The predicted octanol–water partition coefficient (Wildman–Crippen LogP) is 3.58. The third-order valence-corrected chi connectivity index (χ3v) is 4.13. The van der Waals surface area contributed by atoms with Crippen molar-refractivity contribution in [1.29, 1.82) is 0 Å². The van der Waals surface area contributed by atoms with Gasteiger partial charge in [-0.2, -0.15) is 0 Å². The Morgan fingerprint density at radius 1 is 0.900 bits per heavy atom. The molecule has 60 valence electrons. The Morgan fingerprint density at radius 3 is 1.60 bits per heavy atom. The average molecular weight is 270 g/mol. The summed E-state index contributed by atoms with van der Waals surface area (Å²) in [6, 6.07) is 0. The van der Waals surface area contributed by atoms with Crippen LogP contribution in [-0.2, 0) is 0 Å². The molecule has 1 aliphatic carbocycles. The van der Waals surface area contributed by atoms with E-state index in [9.17, 15) is 0 Å². The summed E-state index contributed by atoms with van der Waals surface area (Å²) in [4.78, 5) is 0. The Balaban J connectivity index is 2.34. The largest absolute Gasteiger partial charge is 0.0925 e. The molecule has 0 aliphatic heterocycles. The van der Waals surface area contributed by atoms with Crippen molar-refractivity contribution in [3.63, 3.8) is 0 Å². The van der Waals surface area contributed by atoms with Crippen LogP contribution in [0, 0.1) is 11.8 Å². The van der Waals surface area contributed by atoms with Crippen LogP contribution in [0.1, 0.15) is 25.7 Å². The van der Waals surface area contributed by atoms with Crippen LogP contribution in [0.15, 0.2) is 0 Å². The number of halogens is 2. The van der Waals surface area contributed by atoms with E-state index in [1.54, 1.807) is 0 Å². The fourth-order valence-electron chi connectivity index (χ4n) is 1.69. The predicted molar refractivity (Wildman–Crippen MR) is 53.0 cm³/mol. The summed E-state index contributed by atoms with van der Waals surface area (Å²) >= 11 is 7.14. The topological polar surface area (TPSA) is 0 Å². The number of hydrogen-bond acceptors (Lipinski definition) is 0. The summed E-state index contributed by atoms with van der Waals surface area (Å²) in [5.74, 6) is 1.88. The molecule has 1 saturated carbocycles. The van der Waals surface area contributed by atoms with Crippen molar-refractivity contribution in [3.05, 3.63) is 0 Å². The SMILES string of the molecule is BrC[C@H]1CCCC[C@@H]1CBr. The van der Waals surface area contributed by atoms with E-state index >= 15 is 0 Å². The van der Waals surface area contributed by atoms with Crippen molar-refractivity contribution in [3.8, 4) is 0 Å². The number of alkyl halides is 2. The lowest BCUT2D eigenvalue weighted by Gasteiger charge is -2.28. The normalized spacial score (nSPS) is 34.2. The van der Waals surface area contributed by atoms with Gasteiger partial charge < -0.3 is 0 Å². The van der Waals surface area contributed by atoms with Gasteiger partial charge >= 0.3 is 0 Å². The molecule has 0 bridgehead atoms. The van der Waals surface area contributed by atoms with Gasteiger partial charge in [0.05, 0.1) is 0 Å². The van der Waals surface area contributed by atoms with Gasteiger partial charge in [0.2, 0.25) is 0 Å². The minimum atomic E-state index is 0.938. The van der Waals surface area contributed by atoms with Crippen LogP contribution in [-0.4, -0.2) is 10.7 Å². The van der Waals surface area contributed by atoms with Crippen molar-refractivity contribution >= 4 is 31.9 Å². The zero-order chi connectivity index (χ0) is 7.40. The van der Waals surface area contributed by atoms with E-state index in [1.807, 2.05) is 0 Å². The first-order chi connectivity index (χ1) is 4.88. The van der Waals surface area contributed by atoms with Gasteiger partial charge in [0.1, 0.15) is 0 Å². The summed E-state index contributed by atoms with van der Waals surface area (Å²) < 4.78 is 0. The maximum absolute atomic E-state index is 3.57. The van der Waals surface area contributed by atoms with Gasteiger partial charge in [-0.25, -0.2) is 0 Å². The molecule has 0 saturated heterocycles. The second kappa shape index (κ2) is 4.76. The van der Waals surface area contributed by atoms with E-state index in [1.165, 1.54) is 36.3 Å². The Hall–Kier alpha value is 0.960. The lowest BCUT2D eigenvalue weighted by atomic mass is 9.82. The molecule has 2 atom stereocenters. The van der Waals surface area contributed by atoms with Gasteiger partial charge in [-0.3, -0.25) is 0 Å². The Morgan fingerprint density at radius 2 is 1.30 bits per heavy atom. The highest BCUT2D eigenvalue weighted by molar-refractivity contribution is 9.09. The molecule has 0 aromatic rings. The van der Waals surface area contributed by atoms with Gasteiger partial charge in [-0.15, -0.1) is 0 Å². The van der Waals surface area contributed by atoms with Gasteiger partial charge in [-0.1, -0.05) is 44.7 Å². The monoisotopic (exact) mass is 268 g/mol. The van der Waals surface area contributed by atoms with Crippen molar-refractivity contribution in [2.24, 2.45) is 11.8 Å². The molecule has 0 nitrogen and oxygen atoms in total. The highest BCUT2D eigenvalue weighted by atomic mass is 79.9. The summed E-state index contributed by atoms with van der Waals surface area (Å²) in [5.41, 5.74) is 0. The van der Waals surface area contributed by atoms with Gasteiger partial charge in [-0.05, 0) is 24.7 Å². The standard InChI is InChI=1S/C8H14Br2/c9-5-7-3-1-2-4-8(7)6-10/h7-8H,1-6H2/t7-,8-/m1/s1. The summed E-state index contributed by atoms with van der Waals surface area (Å²) in [6.45, 7) is 0. The van der Waals surface area contributed by atoms with Gasteiger partial charge in [0.15, 0.2) is 0 Å². The smallest absolute Gasteiger partial charge is 0.00626 e. The minimum absolute atomic E-state index is 0.938. The maximum Gasteiger partial charge on any atom is 0.00626 e. The third kappa shape index (κ3) is 2.23. The first kappa shape index (κ1) is 9.05. The lowest BCUT2D eigenvalue weighted by molar-refractivity contribution is 0.290. The second-order valence-corrected chi connectivity index (χ2v) is 4.41. The van der Waals surface area contributed by atoms with Crippen LogP contribution in [0.4, 0.5) is 0 Å². The van der Waals surface area contributed by atoms with Crippen LogP contribution < -0.4 is 0 Å². The molecule has 0 N–H and O–H groups in total. The molecule has 0 unspecified atom stereocenters. The van der Waals surface area contributed by atoms with E-state index in [4.69, 9.17) is 0 Å². The molecule has 1 rings (SSSR count). The molecule has 0 spiro atoms. The molecule has 10 heavy (non-hydrogen) atoms. The molecule has 0 amide bonds. The molecule has 1 fully saturated rings. The van der Waals surface area contributed by atoms with Crippen molar-refractivity contribution in [2.45, 2.75) is 25.7 Å². The van der Waals surface area contributed by atoms with E-state index in [0.29, 0.717) is 0 Å². The summed E-state index contributed by atoms with van der Waals surface area (Å²) in [5, 5.41) is 2.40. The fraction of sp³-hybridized carbons (Fsp3) is 1.00. The highest BCUT2D eigenvalue weighted by Gasteiger charge is 2.22. The van der Waals surface area contributed by atoms with E-state index < -0.39 is 0 Å². The molecule has 2 heteroatoms. The first-order valence-corrected chi connectivity index (χ1v) is 6.24. The van der Waals surface area contributed by atoms with Crippen LogP contribution in [0.3, 0.4) is 0 Å². The zero-order valence-corrected chi connectivity index (χ0v) is 9.33. The Kier molecular flexibility index (Phi) is 4.31. The van der Waals surface area contributed by atoms with Crippen LogP contribution >= 0.6 is 31.9 Å². The van der Waals surface area contributed by atoms with Crippen LogP contribution in [0.2, 0.25) is 0 Å². The molecule has 0 heterocycles. The summed E-state index contributed by atoms with van der Waals surface area (Å²) in [7, 11) is 0. The maximum atomic E-state index is 3.57. The molecular formula is C8H14Br2. The highest BCUT2D eigenvalue weighted by Crippen LogP contribution is 2.32. The third-order valence-electron chi connectivity index (χ3n) is 2.46. The van der Waals surface area contributed by atoms with E-state index in [-0.39, 0.29) is 0 Å². The van der Waals surface area contributed by atoms with Crippen molar-refractivity contribution < 1.29 is 0 Å². The molecule has 1 aliphatic rings. The van der Waals surface area contributed by atoms with E-state index in [2.05, 4.69) is 31.9 Å². The average Bonchev–Trinajstić information content (AvgIpc) is 2.04. The zero-order valence-electron chi connectivity index (χ0n) is 6.15. The number of rotatable bonds is 2. The lowest BCUT2D eigenvalue weighted by Crippen LogP contribution is -2.21. The fourth-order valence-corrected chi connectivity index (χ4v) is 3.40. The Bertz CT molecular complexity index is 81.3. The molecule has 0 radical (unpaired) electrons. The van der Waals surface area contributed by atoms with Crippen molar-refractivity contribution in [2.75, 3.05) is 10.7 Å². The molecule has 0 aromatic heterocycles.